The largest absolute Gasteiger partial charge is 0.463 e. The smallest absolute Gasteiger partial charge is 0.433 e. The number of amidine groups is 1. The molecule has 5 N–H and O–H groups in total. The summed E-state index contributed by atoms with van der Waals surface area (Å²) in [5.74, 6) is -5.64. The zero-order valence-electron chi connectivity index (χ0n) is 24.0. The number of benzene rings is 2. The van der Waals surface area contributed by atoms with E-state index in [0.717, 1.165) is 22.3 Å². The van der Waals surface area contributed by atoms with Gasteiger partial charge in [0.15, 0.2) is 0 Å². The molecule has 3 aromatic rings. The topological polar surface area (TPSA) is 163 Å². The number of thiophene rings is 1. The number of aliphatic imine (C=N–C) groups is 1. The summed E-state index contributed by atoms with van der Waals surface area (Å²) >= 11 is 1.16. The lowest BCUT2D eigenvalue weighted by Gasteiger charge is -2.25. The van der Waals surface area contributed by atoms with Crippen molar-refractivity contribution in [1.82, 2.24) is 15.5 Å². The molecule has 1 unspecified atom stereocenters. The summed E-state index contributed by atoms with van der Waals surface area (Å²) in [5, 5.41) is 15.5. The Hall–Kier alpha value is -4.83. The SMILES string of the molecule is CC(NC(=O)[C@@H]1C[C@@H](OC(F)F)CN1C(=O)CNC(=O)c1ccc2c(c1)-c1ccccc1C2(F)F)c1cc(/C(N)=N\C(=O)O)cs1. The molecule has 2 heterocycles. The van der Waals surface area contributed by atoms with Crippen LogP contribution in [0.4, 0.5) is 22.4 Å². The van der Waals surface area contributed by atoms with E-state index in [2.05, 4.69) is 20.4 Å². The summed E-state index contributed by atoms with van der Waals surface area (Å²) in [4.78, 5) is 55.1. The lowest BCUT2D eigenvalue weighted by Crippen LogP contribution is -2.49. The maximum atomic E-state index is 14.9. The third-order valence-corrected chi connectivity index (χ3v) is 8.79. The number of halogens is 4. The molecular formula is C30H27F4N5O6S. The highest BCUT2D eigenvalue weighted by atomic mass is 32.1. The Balaban J connectivity index is 1.26. The number of rotatable bonds is 9. The molecule has 0 spiro atoms. The molecule has 11 nitrogen and oxygen atoms in total. The van der Waals surface area contributed by atoms with Crippen LogP contribution >= 0.6 is 11.3 Å². The molecule has 1 saturated heterocycles. The second kappa shape index (κ2) is 12.9. The number of nitrogens with zero attached hydrogens (tertiary/aromatic N) is 2. The third-order valence-electron chi connectivity index (χ3n) is 7.67. The van der Waals surface area contributed by atoms with Gasteiger partial charge in [-0.1, -0.05) is 30.3 Å². The number of carbonyl (C=O) groups is 4. The van der Waals surface area contributed by atoms with Crippen molar-refractivity contribution in [3.63, 3.8) is 0 Å². The van der Waals surface area contributed by atoms with Crippen LogP contribution in [0.25, 0.3) is 11.1 Å². The Morgan fingerprint density at radius 2 is 1.83 bits per heavy atom. The van der Waals surface area contributed by atoms with Crippen LogP contribution in [0.15, 0.2) is 58.9 Å². The van der Waals surface area contributed by atoms with Crippen molar-refractivity contribution in [2.24, 2.45) is 10.7 Å². The molecule has 2 aromatic carbocycles. The lowest BCUT2D eigenvalue weighted by atomic mass is 10.0. The molecule has 1 aromatic heterocycles. The van der Waals surface area contributed by atoms with E-state index >= 15 is 0 Å². The Morgan fingerprint density at radius 1 is 1.11 bits per heavy atom. The minimum absolute atomic E-state index is 0.0202. The molecule has 2 aliphatic rings. The normalized spacial score (nSPS) is 19.0. The van der Waals surface area contributed by atoms with Crippen molar-refractivity contribution in [2.45, 2.75) is 44.1 Å². The van der Waals surface area contributed by atoms with Crippen molar-refractivity contribution < 1.29 is 46.6 Å². The van der Waals surface area contributed by atoms with Crippen molar-refractivity contribution >= 4 is 41.0 Å². The summed E-state index contributed by atoms with van der Waals surface area (Å²) in [5.41, 5.74) is 6.06. The van der Waals surface area contributed by atoms with Crippen LogP contribution in [-0.2, 0) is 20.2 Å². The molecule has 46 heavy (non-hydrogen) atoms. The van der Waals surface area contributed by atoms with Gasteiger partial charge in [0, 0.05) is 45.5 Å². The molecule has 0 bridgehead atoms. The van der Waals surface area contributed by atoms with Crippen LogP contribution in [0, 0.1) is 0 Å². The van der Waals surface area contributed by atoms with E-state index in [0.29, 0.717) is 10.4 Å². The fourth-order valence-corrected chi connectivity index (χ4v) is 6.42. The number of ether oxygens (including phenoxy) is 1. The zero-order valence-corrected chi connectivity index (χ0v) is 24.8. The van der Waals surface area contributed by atoms with Gasteiger partial charge in [0.1, 0.15) is 11.9 Å². The maximum absolute atomic E-state index is 14.9. The summed E-state index contributed by atoms with van der Waals surface area (Å²) in [6.45, 7) is -2.49. The van der Waals surface area contributed by atoms with Gasteiger partial charge in [0.2, 0.25) is 11.8 Å². The van der Waals surface area contributed by atoms with Gasteiger partial charge in [-0.3, -0.25) is 14.4 Å². The number of alkyl halides is 4. The van der Waals surface area contributed by atoms with E-state index in [1.165, 1.54) is 36.4 Å². The number of carbonyl (C=O) groups excluding carboxylic acids is 3. The van der Waals surface area contributed by atoms with E-state index in [4.69, 9.17) is 10.8 Å². The minimum atomic E-state index is -3.23. The van der Waals surface area contributed by atoms with Crippen LogP contribution in [0.2, 0.25) is 0 Å². The molecule has 1 aliphatic carbocycles. The van der Waals surface area contributed by atoms with Crippen molar-refractivity contribution in [2.75, 3.05) is 13.1 Å². The van der Waals surface area contributed by atoms with Crippen LogP contribution in [0.5, 0.6) is 0 Å². The average molecular weight is 662 g/mol. The molecular weight excluding hydrogens is 634 g/mol. The maximum Gasteiger partial charge on any atom is 0.433 e. The van der Waals surface area contributed by atoms with Crippen molar-refractivity contribution in [3.8, 4) is 11.1 Å². The first-order valence-corrected chi connectivity index (χ1v) is 14.7. The molecule has 1 aliphatic heterocycles. The second-order valence-corrected chi connectivity index (χ2v) is 11.6. The fourth-order valence-electron chi connectivity index (χ4n) is 5.51. The molecule has 0 radical (unpaired) electrons. The van der Waals surface area contributed by atoms with Crippen LogP contribution in [0.3, 0.4) is 0 Å². The third kappa shape index (κ3) is 6.57. The van der Waals surface area contributed by atoms with E-state index in [-0.39, 0.29) is 46.6 Å². The number of nitrogens with two attached hydrogens (primary N) is 1. The minimum Gasteiger partial charge on any atom is -0.463 e. The summed E-state index contributed by atoms with van der Waals surface area (Å²) in [6, 6.07) is 9.30. The number of likely N-dealkylation sites (tertiary alicyclic amines) is 1. The van der Waals surface area contributed by atoms with Gasteiger partial charge in [-0.2, -0.15) is 22.6 Å². The van der Waals surface area contributed by atoms with E-state index in [9.17, 15) is 36.7 Å². The summed E-state index contributed by atoms with van der Waals surface area (Å²) < 4.78 is 60.4. The summed E-state index contributed by atoms with van der Waals surface area (Å²) in [7, 11) is 0. The van der Waals surface area contributed by atoms with Crippen LogP contribution in [-0.4, -0.2) is 71.5 Å². The van der Waals surface area contributed by atoms with E-state index in [1.54, 1.807) is 18.4 Å². The molecule has 1 fully saturated rings. The van der Waals surface area contributed by atoms with Gasteiger partial charge in [0.25, 0.3) is 11.8 Å². The predicted octanol–water partition coefficient (Wildman–Crippen LogP) is 4.07. The van der Waals surface area contributed by atoms with Crippen LogP contribution in [0.1, 0.15) is 51.3 Å². The quantitative estimate of drug-likeness (QED) is 0.153. The fraction of sp³-hybridized carbons (Fsp3) is 0.300. The Kier molecular flexibility index (Phi) is 9.12. The zero-order chi connectivity index (χ0) is 33.3. The first-order valence-electron chi connectivity index (χ1n) is 13.9. The molecule has 3 atom stereocenters. The Morgan fingerprint density at radius 3 is 2.54 bits per heavy atom. The summed E-state index contributed by atoms with van der Waals surface area (Å²) in [6.07, 6.45) is -2.88. The Bertz CT molecular complexity index is 1730. The number of carboxylic acid groups (broad SMARTS) is 1. The van der Waals surface area contributed by atoms with Gasteiger partial charge in [-0.05, 0) is 36.2 Å². The van der Waals surface area contributed by atoms with Gasteiger partial charge in [0.05, 0.1) is 18.7 Å². The van der Waals surface area contributed by atoms with Gasteiger partial charge >= 0.3 is 12.7 Å². The standard InChI is InChI=1S/C30H27F4N5O6S/c1-14(23-9-16(13-46-23)25(35)38-29(43)44)37-27(42)22-10-17(45-28(31)32)12-39(22)24(40)11-36-26(41)15-6-7-21-19(8-15)18-4-2-3-5-20(18)30(21,33)34/h2-9,13-14,17,22,28H,10-12H2,1H3,(H2,35,38)(H,36,41)(H,37,42)(H,43,44)/t14?,17-,22+/m1/s1. The number of amides is 4. The molecule has 242 valence electrons. The van der Waals surface area contributed by atoms with Gasteiger partial charge in [-0.15, -0.1) is 11.3 Å². The number of nitrogens with one attached hydrogen (secondary N) is 2. The van der Waals surface area contributed by atoms with Crippen molar-refractivity contribution in [3.05, 3.63) is 81.0 Å². The van der Waals surface area contributed by atoms with Gasteiger partial charge < -0.3 is 31.1 Å². The number of hydrogen-bond donors (Lipinski definition) is 4. The van der Waals surface area contributed by atoms with E-state index in [1.807, 2.05) is 0 Å². The molecule has 0 saturated carbocycles. The number of hydrogen-bond acceptors (Lipinski definition) is 6. The molecule has 16 heteroatoms. The van der Waals surface area contributed by atoms with Crippen molar-refractivity contribution in [1.29, 1.82) is 0 Å². The number of fused-ring (bicyclic) bond motifs is 3. The Labute approximate surface area is 263 Å². The second-order valence-electron chi connectivity index (χ2n) is 10.6. The first-order chi connectivity index (χ1) is 21.8. The monoisotopic (exact) mass is 661 g/mol. The molecule has 5 rings (SSSR count). The average Bonchev–Trinajstić information content (AvgIpc) is 3.71. The molecule has 4 amide bonds. The highest BCUT2D eigenvalue weighted by Gasteiger charge is 2.44. The highest BCUT2D eigenvalue weighted by molar-refractivity contribution is 7.10. The van der Waals surface area contributed by atoms with Crippen LogP contribution < -0.4 is 16.4 Å². The highest BCUT2D eigenvalue weighted by Crippen LogP contribution is 2.50. The first kappa shape index (κ1) is 32.6. The van der Waals surface area contributed by atoms with Gasteiger partial charge in [-0.25, -0.2) is 4.79 Å². The van der Waals surface area contributed by atoms with E-state index < -0.39 is 61.1 Å². The lowest BCUT2D eigenvalue weighted by molar-refractivity contribution is -0.160. The predicted molar refractivity (Wildman–Crippen MR) is 158 cm³/mol.